The van der Waals surface area contributed by atoms with Gasteiger partial charge in [0.05, 0.1) is 12.0 Å². The minimum Gasteiger partial charge on any atom is -0.0875 e. The van der Waals surface area contributed by atoms with E-state index in [1.165, 1.54) is 15.9 Å². The van der Waals surface area contributed by atoms with Gasteiger partial charge in [0, 0.05) is 0 Å². The molecule has 0 heterocycles. The molecule has 0 spiro atoms. The monoisotopic (exact) mass is 281 g/mol. The molecule has 2 rings (SSSR count). The van der Waals surface area contributed by atoms with Crippen molar-refractivity contribution < 1.29 is 0 Å². The number of benzene rings is 2. The Morgan fingerprint density at radius 1 is 0.850 bits per heavy atom. The summed E-state index contributed by atoms with van der Waals surface area (Å²) in [4.78, 5) is 0. The summed E-state index contributed by atoms with van der Waals surface area (Å²) in [5.74, 6) is 0. The van der Waals surface area contributed by atoms with Gasteiger partial charge in [0.25, 0.3) is 0 Å². The number of hydrogen-bond donors (Lipinski definition) is 0. The molecular weight excluding hydrogens is 259 g/mol. The first-order chi connectivity index (χ1) is 9.69. The highest BCUT2D eigenvalue weighted by Gasteiger charge is 2.39. The van der Waals surface area contributed by atoms with Gasteiger partial charge in [0.15, 0.2) is 0 Å². The van der Waals surface area contributed by atoms with Gasteiger partial charge in [-0.05, 0) is 44.2 Å². The number of allylic oxidation sites excluding steroid dienone is 4. The highest BCUT2D eigenvalue weighted by molar-refractivity contribution is 7.92. The van der Waals surface area contributed by atoms with Crippen LogP contribution < -0.4 is 10.6 Å². The van der Waals surface area contributed by atoms with Crippen LogP contribution in [0.2, 0.25) is 0 Å². The zero-order valence-corrected chi connectivity index (χ0v) is 13.3. The first-order valence-electron chi connectivity index (χ1n) is 6.97. The molecule has 0 bridgehead atoms. The molecule has 0 atom stereocenters. The van der Waals surface area contributed by atoms with Crippen LogP contribution in [-0.2, 0) is 0 Å². The molecule has 0 amide bonds. The summed E-state index contributed by atoms with van der Waals surface area (Å²) in [6.07, 6.45) is 6.48. The topological polar surface area (TPSA) is 0 Å². The predicted octanol–water partition coefficient (Wildman–Crippen LogP) is 4.76. The van der Waals surface area contributed by atoms with E-state index in [0.717, 1.165) is 0 Å². The van der Waals surface area contributed by atoms with Crippen molar-refractivity contribution in [3.05, 3.63) is 84.2 Å². The Balaban J connectivity index is 2.61. The lowest BCUT2D eigenvalue weighted by Gasteiger charge is -2.23. The zero-order chi connectivity index (χ0) is 14.4. The third kappa shape index (κ3) is 2.92. The van der Waals surface area contributed by atoms with Crippen molar-refractivity contribution in [3.8, 4) is 0 Å². The third-order valence-electron chi connectivity index (χ3n) is 3.78. The molecule has 0 unspecified atom stereocenters. The molecule has 0 aliphatic carbocycles. The van der Waals surface area contributed by atoms with Crippen LogP contribution in [0.5, 0.6) is 0 Å². The van der Waals surface area contributed by atoms with Crippen molar-refractivity contribution in [2.75, 3.05) is 6.66 Å². The summed E-state index contributed by atoms with van der Waals surface area (Å²) in [5, 5.41) is 4.32. The normalized spacial score (nSPS) is 12.8. The van der Waals surface area contributed by atoms with Crippen molar-refractivity contribution in [2.24, 2.45) is 0 Å². The van der Waals surface area contributed by atoms with Crippen LogP contribution in [-0.4, -0.2) is 6.66 Å². The van der Waals surface area contributed by atoms with E-state index in [1.807, 2.05) is 0 Å². The average molecular weight is 281 g/mol. The Morgan fingerprint density at radius 2 is 1.30 bits per heavy atom. The zero-order valence-electron chi connectivity index (χ0n) is 12.5. The van der Waals surface area contributed by atoms with E-state index in [-0.39, 0.29) is 0 Å². The summed E-state index contributed by atoms with van der Waals surface area (Å²) < 4.78 is 0. The van der Waals surface area contributed by atoms with Crippen LogP contribution in [0.1, 0.15) is 13.8 Å². The maximum absolute atomic E-state index is 2.41. The summed E-state index contributed by atoms with van der Waals surface area (Å²) in [7, 11) is -1.48. The van der Waals surface area contributed by atoms with Crippen molar-refractivity contribution in [2.45, 2.75) is 13.8 Å². The molecule has 1 heteroatoms. The van der Waals surface area contributed by atoms with Crippen LogP contribution in [0.15, 0.2) is 84.2 Å². The van der Waals surface area contributed by atoms with E-state index in [0.29, 0.717) is 0 Å². The van der Waals surface area contributed by atoms with E-state index < -0.39 is 7.26 Å². The molecule has 0 N–H and O–H groups in total. The molecular formula is C19H22P+. The largest absolute Gasteiger partial charge is 0.104 e. The highest BCUT2D eigenvalue weighted by Crippen LogP contribution is 2.59. The number of rotatable bonds is 4. The summed E-state index contributed by atoms with van der Waals surface area (Å²) in [6, 6.07) is 21.8. The Bertz CT molecular complexity index is 555. The predicted molar refractivity (Wildman–Crippen MR) is 93.6 cm³/mol. The smallest absolute Gasteiger partial charge is 0.0875 e. The Morgan fingerprint density at radius 3 is 1.70 bits per heavy atom. The van der Waals surface area contributed by atoms with Crippen LogP contribution in [0.4, 0.5) is 0 Å². The Hall–Kier alpha value is -1.65. The summed E-state index contributed by atoms with van der Waals surface area (Å²) in [6.45, 7) is 6.73. The van der Waals surface area contributed by atoms with Crippen molar-refractivity contribution in [3.63, 3.8) is 0 Å². The second-order valence-electron chi connectivity index (χ2n) is 5.01. The molecule has 0 aliphatic rings. The van der Waals surface area contributed by atoms with Crippen LogP contribution >= 0.6 is 7.26 Å². The Kier molecular flexibility index (Phi) is 4.93. The fourth-order valence-corrected chi connectivity index (χ4v) is 5.43. The molecule has 0 saturated heterocycles. The maximum atomic E-state index is 2.41. The van der Waals surface area contributed by atoms with Gasteiger partial charge in [-0.3, -0.25) is 0 Å². The number of hydrogen-bond acceptors (Lipinski definition) is 0. The minimum atomic E-state index is -1.48. The van der Waals surface area contributed by atoms with E-state index in [4.69, 9.17) is 0 Å². The molecule has 0 radical (unpaired) electrons. The van der Waals surface area contributed by atoms with Crippen LogP contribution in [0.25, 0.3) is 0 Å². The first-order valence-corrected chi connectivity index (χ1v) is 9.21. The molecule has 20 heavy (non-hydrogen) atoms. The Labute approximate surface area is 123 Å². The molecule has 0 fully saturated rings. The molecule has 0 aliphatic heterocycles. The van der Waals surface area contributed by atoms with E-state index in [1.54, 1.807) is 0 Å². The maximum Gasteiger partial charge on any atom is 0.104 e. The lowest BCUT2D eigenvalue weighted by atomic mass is 10.4. The lowest BCUT2D eigenvalue weighted by Crippen LogP contribution is -2.21. The van der Waals surface area contributed by atoms with Gasteiger partial charge in [0.1, 0.15) is 17.9 Å². The van der Waals surface area contributed by atoms with E-state index >= 15 is 0 Å². The van der Waals surface area contributed by atoms with Gasteiger partial charge in [-0.15, -0.1) is 0 Å². The highest BCUT2D eigenvalue weighted by atomic mass is 31.2. The second kappa shape index (κ2) is 6.68. The fourth-order valence-electron chi connectivity index (χ4n) is 2.39. The van der Waals surface area contributed by atoms with Gasteiger partial charge in [-0.2, -0.15) is 0 Å². The van der Waals surface area contributed by atoms with Gasteiger partial charge in [-0.25, -0.2) is 0 Å². The van der Waals surface area contributed by atoms with Gasteiger partial charge in [-0.1, -0.05) is 48.6 Å². The summed E-state index contributed by atoms with van der Waals surface area (Å²) >= 11 is 0. The van der Waals surface area contributed by atoms with Gasteiger partial charge >= 0.3 is 0 Å². The SMILES string of the molecule is C/C=C\C=C(/C)[P+](C)(c1ccccc1)c1ccccc1. The van der Waals surface area contributed by atoms with Crippen molar-refractivity contribution in [1.82, 2.24) is 0 Å². The third-order valence-corrected chi connectivity index (χ3v) is 8.00. The van der Waals surface area contributed by atoms with Crippen molar-refractivity contribution >= 4 is 17.9 Å². The van der Waals surface area contributed by atoms with E-state index in [9.17, 15) is 0 Å². The van der Waals surface area contributed by atoms with Crippen LogP contribution in [0, 0.1) is 0 Å². The quantitative estimate of drug-likeness (QED) is 0.559. The average Bonchev–Trinajstić information content (AvgIpc) is 2.53. The van der Waals surface area contributed by atoms with Gasteiger partial charge in [0.2, 0.25) is 0 Å². The summed E-state index contributed by atoms with van der Waals surface area (Å²) in [5.41, 5.74) is 0. The molecule has 102 valence electrons. The fraction of sp³-hybridized carbons (Fsp3) is 0.158. The second-order valence-corrected chi connectivity index (χ2v) is 8.76. The standard InChI is InChI=1S/C19H22P/c1-4-5-12-17(2)20(3,18-13-8-6-9-14-18)19-15-10-7-11-16-19/h4-16H,1-3H3/q+1/b5-4-,17-12+. The molecule has 2 aromatic carbocycles. The lowest BCUT2D eigenvalue weighted by molar-refractivity contribution is 1.60. The van der Waals surface area contributed by atoms with Crippen molar-refractivity contribution in [1.29, 1.82) is 0 Å². The van der Waals surface area contributed by atoms with Gasteiger partial charge < -0.3 is 0 Å². The molecule has 0 nitrogen and oxygen atoms in total. The van der Waals surface area contributed by atoms with Crippen LogP contribution in [0.3, 0.4) is 0 Å². The molecule has 0 saturated carbocycles. The minimum absolute atomic E-state index is 1.43. The van der Waals surface area contributed by atoms with E-state index in [2.05, 4.69) is 99.4 Å². The molecule has 0 aromatic heterocycles. The molecule has 2 aromatic rings. The first kappa shape index (κ1) is 14.8.